The molecule has 4 rings (SSSR count). The van der Waals surface area contributed by atoms with E-state index in [1.165, 1.54) is 10.5 Å². The fraction of sp³-hybridized carbons (Fsp3) is 0.391. The molecule has 2 aliphatic rings. The van der Waals surface area contributed by atoms with E-state index in [-0.39, 0.29) is 11.5 Å². The minimum atomic E-state index is -0.105. The van der Waals surface area contributed by atoms with E-state index in [9.17, 15) is 0 Å². The number of hydrogen-bond acceptors (Lipinski definition) is 7. The molecule has 0 aromatic heterocycles. The third kappa shape index (κ3) is 5.45. The minimum Gasteiger partial charge on any atom is -0.464 e. The van der Waals surface area contributed by atoms with Gasteiger partial charge in [-0.05, 0) is 42.5 Å². The van der Waals surface area contributed by atoms with Crippen LogP contribution in [0, 0.1) is 5.92 Å². The number of aryl methyl sites for hydroxylation is 1. The molecular formula is C23H28N4O2S2. The third-order valence-electron chi connectivity index (χ3n) is 5.62. The smallest absolute Gasteiger partial charge is 0.188 e. The summed E-state index contributed by atoms with van der Waals surface area (Å²) in [6.45, 7) is 3.70. The van der Waals surface area contributed by atoms with Crippen molar-refractivity contribution < 1.29 is 9.47 Å². The van der Waals surface area contributed by atoms with Crippen molar-refractivity contribution in [3.05, 3.63) is 65.2 Å². The Morgan fingerprint density at radius 2 is 1.84 bits per heavy atom. The Bertz CT molecular complexity index is 912. The molecular weight excluding hydrogens is 428 g/mol. The van der Waals surface area contributed by atoms with Gasteiger partial charge in [-0.25, -0.2) is 4.99 Å². The first-order valence-corrected chi connectivity index (χ1v) is 11.9. The van der Waals surface area contributed by atoms with Crippen LogP contribution < -0.4 is 16.8 Å². The van der Waals surface area contributed by atoms with Gasteiger partial charge in [0.2, 0.25) is 0 Å². The molecule has 2 aliphatic heterocycles. The molecule has 0 spiro atoms. The summed E-state index contributed by atoms with van der Waals surface area (Å²) in [4.78, 5) is 6.77. The number of nitrogens with one attached hydrogen (secondary N) is 2. The molecule has 6 nitrogen and oxygen atoms in total. The van der Waals surface area contributed by atoms with Crippen molar-refractivity contribution in [3.8, 4) is 0 Å². The molecule has 0 amide bonds. The summed E-state index contributed by atoms with van der Waals surface area (Å²) in [6, 6.07) is 16.7. The van der Waals surface area contributed by atoms with Gasteiger partial charge in [0.05, 0.1) is 0 Å². The van der Waals surface area contributed by atoms with Crippen LogP contribution in [0.4, 0.5) is 0 Å². The van der Waals surface area contributed by atoms with Gasteiger partial charge in [0.15, 0.2) is 11.3 Å². The van der Waals surface area contributed by atoms with Crippen molar-refractivity contribution in [2.75, 3.05) is 13.2 Å². The van der Waals surface area contributed by atoms with Gasteiger partial charge in [0.25, 0.3) is 0 Å². The number of nitrogens with two attached hydrogens (primary N) is 1. The highest BCUT2D eigenvalue weighted by molar-refractivity contribution is 7.99. The van der Waals surface area contributed by atoms with E-state index in [0.29, 0.717) is 10.9 Å². The largest absolute Gasteiger partial charge is 0.464 e. The van der Waals surface area contributed by atoms with E-state index in [1.807, 2.05) is 12.1 Å². The summed E-state index contributed by atoms with van der Waals surface area (Å²) in [7, 11) is 0. The number of thioether (sulfide) groups is 1. The Kier molecular flexibility index (Phi) is 7.58. The van der Waals surface area contributed by atoms with E-state index >= 15 is 0 Å². The predicted octanol–water partition coefficient (Wildman–Crippen LogP) is 3.91. The number of ether oxygens (including phenoxy) is 2. The Labute approximate surface area is 192 Å². The lowest BCUT2D eigenvalue weighted by Gasteiger charge is -2.23. The molecule has 8 heteroatoms. The first kappa shape index (κ1) is 22.2. The average molecular weight is 457 g/mol. The van der Waals surface area contributed by atoms with Crippen LogP contribution in [0.2, 0.25) is 0 Å². The monoisotopic (exact) mass is 456 g/mol. The van der Waals surface area contributed by atoms with Gasteiger partial charge in [-0.2, -0.15) is 5.53 Å². The minimum absolute atomic E-state index is 0.0723. The van der Waals surface area contributed by atoms with Gasteiger partial charge < -0.3 is 9.47 Å². The molecule has 2 heterocycles. The van der Waals surface area contributed by atoms with E-state index < -0.39 is 0 Å². The summed E-state index contributed by atoms with van der Waals surface area (Å²) in [5.74, 6) is 6.49. The fourth-order valence-electron chi connectivity index (χ4n) is 3.79. The Morgan fingerprint density at radius 1 is 1.13 bits per heavy atom. The molecule has 0 saturated carbocycles. The second-order valence-corrected chi connectivity index (χ2v) is 9.20. The molecule has 0 bridgehead atoms. The molecule has 2 unspecified atom stereocenters. The van der Waals surface area contributed by atoms with Crippen molar-refractivity contribution in [2.24, 2.45) is 16.8 Å². The quantitative estimate of drug-likeness (QED) is 0.331. The van der Waals surface area contributed by atoms with Crippen LogP contribution in [0.3, 0.4) is 0 Å². The first-order chi connectivity index (χ1) is 15.2. The van der Waals surface area contributed by atoms with Crippen molar-refractivity contribution in [1.82, 2.24) is 11.0 Å². The van der Waals surface area contributed by atoms with E-state index in [1.54, 1.807) is 11.8 Å². The number of hydrazine groups is 2. The molecule has 0 aliphatic carbocycles. The maximum atomic E-state index is 6.44. The Morgan fingerprint density at radius 3 is 2.48 bits per heavy atom. The number of nitrogens with zero attached hydrogens (tertiary/aromatic N) is 1. The van der Waals surface area contributed by atoms with E-state index in [4.69, 9.17) is 32.5 Å². The lowest BCUT2D eigenvalue weighted by Crippen LogP contribution is -2.41. The highest BCUT2D eigenvalue weighted by Crippen LogP contribution is 2.41. The van der Waals surface area contributed by atoms with Crippen molar-refractivity contribution in [1.29, 1.82) is 0 Å². The summed E-state index contributed by atoms with van der Waals surface area (Å²) >= 11 is 7.04. The third-order valence-corrected chi connectivity index (χ3v) is 7.08. The predicted molar refractivity (Wildman–Crippen MR) is 129 cm³/mol. The molecule has 1 fully saturated rings. The number of benzene rings is 2. The molecule has 2 aromatic carbocycles. The van der Waals surface area contributed by atoms with Gasteiger partial charge in [-0.15, -0.1) is 0 Å². The van der Waals surface area contributed by atoms with Crippen molar-refractivity contribution in [3.63, 3.8) is 0 Å². The molecule has 31 heavy (non-hydrogen) atoms. The molecule has 4 N–H and O–H groups in total. The van der Waals surface area contributed by atoms with Crippen molar-refractivity contribution in [2.45, 2.75) is 42.6 Å². The fourth-order valence-corrected chi connectivity index (χ4v) is 5.04. The molecule has 2 atom stereocenters. The lowest BCUT2D eigenvalue weighted by atomic mass is 10.0. The highest BCUT2D eigenvalue weighted by atomic mass is 32.2. The SMILES string of the molecule is CCc1ccc(SC2OC(C3CCOCC3)=NC2c2ccc(C(=S)NNN)cc2)cc1. The topological polar surface area (TPSA) is 80.9 Å². The second-order valence-electron chi connectivity index (χ2n) is 7.62. The number of thiocarbonyl (C=S) groups is 1. The van der Waals surface area contributed by atoms with Crippen LogP contribution in [0.5, 0.6) is 0 Å². The van der Waals surface area contributed by atoms with Gasteiger partial charge in [-0.1, -0.05) is 67.3 Å². The molecule has 0 radical (unpaired) electrons. The Hall–Kier alpha value is -1.97. The van der Waals surface area contributed by atoms with Gasteiger partial charge in [0.1, 0.15) is 11.0 Å². The van der Waals surface area contributed by atoms with E-state index in [2.05, 4.69) is 54.3 Å². The summed E-state index contributed by atoms with van der Waals surface area (Å²) < 4.78 is 12.0. The highest BCUT2D eigenvalue weighted by Gasteiger charge is 2.36. The van der Waals surface area contributed by atoms with Crippen molar-refractivity contribution >= 4 is 34.9 Å². The maximum Gasteiger partial charge on any atom is 0.188 e. The van der Waals surface area contributed by atoms with Crippen LogP contribution in [0.15, 0.2) is 58.4 Å². The number of rotatable bonds is 7. The van der Waals surface area contributed by atoms with Crippen LogP contribution in [-0.2, 0) is 15.9 Å². The molecule has 1 saturated heterocycles. The lowest BCUT2D eigenvalue weighted by molar-refractivity contribution is 0.0765. The normalized spacial score (nSPS) is 21.4. The van der Waals surface area contributed by atoms with Gasteiger partial charge in [-0.3, -0.25) is 11.3 Å². The van der Waals surface area contributed by atoms with Gasteiger partial charge >= 0.3 is 0 Å². The summed E-state index contributed by atoms with van der Waals surface area (Å²) in [6.07, 6.45) is 2.95. The molecule has 2 aromatic rings. The Balaban J connectivity index is 1.56. The maximum absolute atomic E-state index is 6.44. The number of aliphatic imine (C=N–C) groups is 1. The summed E-state index contributed by atoms with van der Waals surface area (Å²) in [5.41, 5.74) is 8.35. The summed E-state index contributed by atoms with van der Waals surface area (Å²) in [5, 5.41) is 0. The average Bonchev–Trinajstić information content (AvgIpc) is 3.24. The zero-order chi connectivity index (χ0) is 21.6. The van der Waals surface area contributed by atoms with E-state index in [0.717, 1.165) is 49.5 Å². The zero-order valence-electron chi connectivity index (χ0n) is 17.5. The molecule has 164 valence electrons. The van der Waals surface area contributed by atoms with Crippen LogP contribution in [0.1, 0.15) is 42.5 Å². The van der Waals surface area contributed by atoms with Crippen LogP contribution in [0.25, 0.3) is 0 Å². The standard InChI is InChI=1S/C23H28N4O2S2/c1-2-15-3-9-19(10-4-15)31-23-20(25-21(29-23)17-11-13-28-14-12-17)16-5-7-18(8-6-16)22(30)26-27-24/h3-10,17,20,23,27H,2,11-14,24H2,1H3,(H,26,30). The van der Waals surface area contributed by atoms with Crippen LogP contribution in [-0.4, -0.2) is 29.5 Å². The first-order valence-electron chi connectivity index (χ1n) is 10.6. The zero-order valence-corrected chi connectivity index (χ0v) is 19.2. The second kappa shape index (κ2) is 10.6. The van der Waals surface area contributed by atoms with Crippen LogP contribution >= 0.6 is 24.0 Å². The van der Waals surface area contributed by atoms with Gasteiger partial charge in [0, 0.05) is 29.6 Å². The number of hydrogen-bond donors (Lipinski definition) is 3.